The van der Waals surface area contributed by atoms with Crippen LogP contribution in [0.4, 0.5) is 0 Å². The molecule has 1 fully saturated rings. The summed E-state index contributed by atoms with van der Waals surface area (Å²) in [6.45, 7) is 2.36. The minimum atomic E-state index is 0.793. The number of nitrogens with zero attached hydrogens (tertiary/aromatic N) is 1. The van der Waals surface area contributed by atoms with E-state index in [1.807, 2.05) is 5.51 Å². The summed E-state index contributed by atoms with van der Waals surface area (Å²) < 4.78 is 1.32. The van der Waals surface area contributed by atoms with Crippen LogP contribution in [0.2, 0.25) is 0 Å². The third-order valence-electron chi connectivity index (χ3n) is 3.35. The number of thiazole rings is 1. The van der Waals surface area contributed by atoms with Gasteiger partial charge >= 0.3 is 0 Å². The number of nitrogens with one attached hydrogen (secondary N) is 1. The standard InChI is InChI=1S/C13H16N2S/c1-4-11(7-10-3-2-6-14-8-10)13-12(5-1)16-9-15-13/h1,4-5,9-10,14H,2-3,6-8H2. The number of fused-ring (bicyclic) bond motifs is 1. The number of rotatable bonds is 2. The van der Waals surface area contributed by atoms with Crippen LogP contribution < -0.4 is 5.32 Å². The van der Waals surface area contributed by atoms with Gasteiger partial charge in [-0.2, -0.15) is 0 Å². The molecule has 1 unspecified atom stereocenters. The lowest BCUT2D eigenvalue weighted by Gasteiger charge is -2.22. The van der Waals surface area contributed by atoms with Crippen LogP contribution in [0.25, 0.3) is 10.2 Å². The van der Waals surface area contributed by atoms with Crippen molar-refractivity contribution >= 4 is 21.6 Å². The van der Waals surface area contributed by atoms with Crippen molar-refractivity contribution in [2.24, 2.45) is 5.92 Å². The van der Waals surface area contributed by atoms with E-state index in [-0.39, 0.29) is 0 Å². The third-order valence-corrected chi connectivity index (χ3v) is 4.15. The molecule has 2 heterocycles. The van der Waals surface area contributed by atoms with Crippen molar-refractivity contribution in [1.29, 1.82) is 0 Å². The van der Waals surface area contributed by atoms with Gasteiger partial charge in [0.1, 0.15) is 0 Å². The number of hydrogen-bond acceptors (Lipinski definition) is 3. The van der Waals surface area contributed by atoms with Crippen molar-refractivity contribution in [3.63, 3.8) is 0 Å². The smallest absolute Gasteiger partial charge is 0.0844 e. The fourth-order valence-corrected chi connectivity index (χ4v) is 3.24. The molecule has 0 aliphatic carbocycles. The largest absolute Gasteiger partial charge is 0.316 e. The average Bonchev–Trinajstić information content (AvgIpc) is 2.80. The molecule has 2 nitrogen and oxygen atoms in total. The molecule has 0 spiro atoms. The SMILES string of the molecule is c1cc(CC2CCCNC2)c2ncsc2c1. The van der Waals surface area contributed by atoms with Crippen molar-refractivity contribution in [2.75, 3.05) is 13.1 Å². The van der Waals surface area contributed by atoms with E-state index in [1.54, 1.807) is 11.3 Å². The summed E-state index contributed by atoms with van der Waals surface area (Å²) in [6, 6.07) is 6.55. The van der Waals surface area contributed by atoms with Gasteiger partial charge in [0.2, 0.25) is 0 Å². The Kier molecular flexibility index (Phi) is 2.89. The lowest BCUT2D eigenvalue weighted by Crippen LogP contribution is -2.30. The van der Waals surface area contributed by atoms with Crippen molar-refractivity contribution in [3.8, 4) is 0 Å². The van der Waals surface area contributed by atoms with Gasteiger partial charge in [-0.1, -0.05) is 12.1 Å². The maximum atomic E-state index is 4.48. The van der Waals surface area contributed by atoms with Crippen molar-refractivity contribution < 1.29 is 0 Å². The van der Waals surface area contributed by atoms with Crippen LogP contribution in [0.3, 0.4) is 0 Å². The average molecular weight is 232 g/mol. The molecule has 1 aromatic carbocycles. The van der Waals surface area contributed by atoms with Crippen LogP contribution in [0.5, 0.6) is 0 Å². The van der Waals surface area contributed by atoms with E-state index in [2.05, 4.69) is 28.5 Å². The number of para-hydroxylation sites is 1. The Balaban J connectivity index is 1.85. The van der Waals surface area contributed by atoms with Gasteiger partial charge in [0.05, 0.1) is 15.7 Å². The van der Waals surface area contributed by atoms with Gasteiger partial charge in [0, 0.05) is 0 Å². The summed E-state index contributed by atoms with van der Waals surface area (Å²) >= 11 is 1.74. The Bertz CT molecular complexity index is 471. The Hall–Kier alpha value is -0.930. The minimum Gasteiger partial charge on any atom is -0.316 e. The highest BCUT2D eigenvalue weighted by atomic mass is 32.1. The number of benzene rings is 1. The van der Waals surface area contributed by atoms with Gasteiger partial charge in [0.25, 0.3) is 0 Å². The van der Waals surface area contributed by atoms with Crippen molar-refractivity contribution in [2.45, 2.75) is 19.3 Å². The molecule has 0 bridgehead atoms. The monoisotopic (exact) mass is 232 g/mol. The normalized spacial score (nSPS) is 21.4. The summed E-state index contributed by atoms with van der Waals surface area (Å²) in [7, 11) is 0. The van der Waals surface area contributed by atoms with Crippen LogP contribution in [-0.4, -0.2) is 18.1 Å². The Morgan fingerprint density at radius 3 is 3.31 bits per heavy atom. The highest BCUT2D eigenvalue weighted by Crippen LogP contribution is 2.25. The maximum Gasteiger partial charge on any atom is 0.0844 e. The van der Waals surface area contributed by atoms with Gasteiger partial charge in [-0.25, -0.2) is 4.98 Å². The zero-order valence-electron chi connectivity index (χ0n) is 9.28. The van der Waals surface area contributed by atoms with Crippen LogP contribution in [0.1, 0.15) is 18.4 Å². The Morgan fingerprint density at radius 1 is 1.44 bits per heavy atom. The number of aromatic nitrogens is 1. The minimum absolute atomic E-state index is 0.793. The van der Waals surface area contributed by atoms with Crippen LogP contribution >= 0.6 is 11.3 Å². The summed E-state index contributed by atoms with van der Waals surface area (Å²) in [4.78, 5) is 4.48. The van der Waals surface area contributed by atoms with E-state index in [4.69, 9.17) is 0 Å². The van der Waals surface area contributed by atoms with Crippen LogP contribution in [0, 0.1) is 5.92 Å². The first-order valence-electron chi connectivity index (χ1n) is 5.95. The molecular formula is C13H16N2S. The molecular weight excluding hydrogens is 216 g/mol. The summed E-state index contributed by atoms with van der Waals surface area (Å²) in [5, 5.41) is 3.48. The fourth-order valence-electron chi connectivity index (χ4n) is 2.52. The first-order valence-corrected chi connectivity index (χ1v) is 6.83. The molecule has 1 saturated heterocycles. The van der Waals surface area contributed by atoms with E-state index in [0.717, 1.165) is 5.92 Å². The van der Waals surface area contributed by atoms with Gasteiger partial charge in [-0.05, 0) is 49.9 Å². The molecule has 2 aromatic rings. The lowest BCUT2D eigenvalue weighted by molar-refractivity contribution is 0.376. The first-order chi connectivity index (χ1) is 7.93. The fraction of sp³-hybridized carbons (Fsp3) is 0.462. The highest BCUT2D eigenvalue weighted by Gasteiger charge is 2.15. The van der Waals surface area contributed by atoms with Gasteiger partial charge in [-0.15, -0.1) is 11.3 Å². The van der Waals surface area contributed by atoms with E-state index in [9.17, 15) is 0 Å². The zero-order chi connectivity index (χ0) is 10.8. The molecule has 1 aromatic heterocycles. The molecule has 0 saturated carbocycles. The lowest BCUT2D eigenvalue weighted by atomic mass is 9.92. The summed E-state index contributed by atoms with van der Waals surface area (Å²) in [6.07, 6.45) is 3.85. The number of hydrogen-bond donors (Lipinski definition) is 1. The molecule has 3 heteroatoms. The second-order valence-electron chi connectivity index (χ2n) is 4.53. The van der Waals surface area contributed by atoms with Gasteiger partial charge in [-0.3, -0.25) is 0 Å². The van der Waals surface area contributed by atoms with E-state index < -0.39 is 0 Å². The zero-order valence-corrected chi connectivity index (χ0v) is 10.1. The quantitative estimate of drug-likeness (QED) is 0.861. The molecule has 1 atom stereocenters. The van der Waals surface area contributed by atoms with E-state index in [0.29, 0.717) is 0 Å². The van der Waals surface area contributed by atoms with E-state index in [1.165, 1.54) is 48.1 Å². The summed E-state index contributed by atoms with van der Waals surface area (Å²) in [5.74, 6) is 0.793. The van der Waals surface area contributed by atoms with Gasteiger partial charge < -0.3 is 5.32 Å². The molecule has 0 radical (unpaired) electrons. The molecule has 16 heavy (non-hydrogen) atoms. The first kappa shape index (κ1) is 10.2. The highest BCUT2D eigenvalue weighted by molar-refractivity contribution is 7.16. The van der Waals surface area contributed by atoms with Crippen LogP contribution in [-0.2, 0) is 6.42 Å². The van der Waals surface area contributed by atoms with Crippen molar-refractivity contribution in [3.05, 3.63) is 29.3 Å². The molecule has 1 aliphatic heterocycles. The molecule has 1 N–H and O–H groups in total. The predicted octanol–water partition coefficient (Wildman–Crippen LogP) is 2.84. The second-order valence-corrected chi connectivity index (χ2v) is 5.42. The van der Waals surface area contributed by atoms with E-state index >= 15 is 0 Å². The maximum absolute atomic E-state index is 4.48. The van der Waals surface area contributed by atoms with Crippen LogP contribution in [0.15, 0.2) is 23.7 Å². The topological polar surface area (TPSA) is 24.9 Å². The molecule has 0 amide bonds. The predicted molar refractivity (Wildman–Crippen MR) is 68.9 cm³/mol. The summed E-state index contributed by atoms with van der Waals surface area (Å²) in [5.41, 5.74) is 4.60. The molecule has 84 valence electrons. The third kappa shape index (κ3) is 1.97. The Labute approximate surface area is 99.7 Å². The second kappa shape index (κ2) is 4.52. The Morgan fingerprint density at radius 2 is 2.44 bits per heavy atom. The van der Waals surface area contributed by atoms with Crippen molar-refractivity contribution in [1.82, 2.24) is 10.3 Å². The molecule has 3 rings (SSSR count). The molecule has 1 aliphatic rings. The van der Waals surface area contributed by atoms with Gasteiger partial charge in [0.15, 0.2) is 0 Å². The number of piperidine rings is 1.